The minimum Gasteiger partial charge on any atom is -0.381 e. The van der Waals surface area contributed by atoms with Crippen LogP contribution < -0.4 is 11.1 Å². The maximum Gasteiger partial charge on any atom is 0.251 e. The van der Waals surface area contributed by atoms with E-state index in [4.69, 9.17) is 33.9 Å². The Balaban J connectivity index is 1.42. The Hall–Kier alpha value is -3.59. The topological polar surface area (TPSA) is 118 Å². The van der Waals surface area contributed by atoms with Gasteiger partial charge < -0.3 is 16.2 Å². The number of nitrogens with two attached hydrogens (primary N) is 1. The number of hydrogen-bond acceptors (Lipinski definition) is 5. The highest BCUT2D eigenvalue weighted by molar-refractivity contribution is 6.35. The molecule has 0 bridgehead atoms. The largest absolute Gasteiger partial charge is 0.381 e. The van der Waals surface area contributed by atoms with Gasteiger partial charge >= 0.3 is 0 Å². The Morgan fingerprint density at radius 2 is 1.98 bits per heavy atom. The van der Waals surface area contributed by atoms with Gasteiger partial charge in [-0.05, 0) is 92.5 Å². The van der Waals surface area contributed by atoms with Gasteiger partial charge in [0.15, 0.2) is 0 Å². The highest BCUT2D eigenvalue weighted by Gasteiger charge is 2.49. The van der Waals surface area contributed by atoms with Gasteiger partial charge in [-0.3, -0.25) is 14.6 Å². The molecule has 0 saturated heterocycles. The molecule has 1 saturated carbocycles. The van der Waals surface area contributed by atoms with Gasteiger partial charge in [-0.15, -0.1) is 0 Å². The zero-order valence-electron chi connectivity index (χ0n) is 23.1. The number of benzene rings is 2. The van der Waals surface area contributed by atoms with E-state index in [0.29, 0.717) is 45.8 Å². The fourth-order valence-electron chi connectivity index (χ4n) is 5.98. The number of amides is 2. The number of rotatable bonds is 7. The number of aryl methyl sites for hydroxylation is 1. The van der Waals surface area contributed by atoms with E-state index in [-0.39, 0.29) is 23.2 Å². The molecule has 7 nitrogen and oxygen atoms in total. The molecule has 2 atom stereocenters. The highest BCUT2D eigenvalue weighted by Crippen LogP contribution is 2.49. The van der Waals surface area contributed by atoms with Crippen LogP contribution in [0.4, 0.5) is 4.39 Å². The summed E-state index contributed by atoms with van der Waals surface area (Å²) in [6.07, 6.45) is 4.09. The van der Waals surface area contributed by atoms with Gasteiger partial charge in [0.05, 0.1) is 38.9 Å². The zero-order valence-corrected chi connectivity index (χ0v) is 24.6. The van der Waals surface area contributed by atoms with Crippen LogP contribution in [0.2, 0.25) is 10.0 Å². The fraction of sp³-hybridized carbons (Fsp3) is 0.312. The molecule has 2 heterocycles. The van der Waals surface area contributed by atoms with Crippen LogP contribution in [0.15, 0.2) is 48.7 Å². The molecule has 4 aromatic rings. The number of primary amides is 1. The van der Waals surface area contributed by atoms with Crippen molar-refractivity contribution in [3.8, 4) is 11.3 Å². The molecule has 42 heavy (non-hydrogen) atoms. The number of halogens is 3. The number of fused-ring (bicyclic) bond motifs is 2. The zero-order chi connectivity index (χ0) is 30.0. The first-order valence-electron chi connectivity index (χ1n) is 13.8. The quantitative estimate of drug-likeness (QED) is 0.247. The van der Waals surface area contributed by atoms with E-state index in [0.717, 1.165) is 29.4 Å². The summed E-state index contributed by atoms with van der Waals surface area (Å²) in [5.74, 6) is -1.71. The summed E-state index contributed by atoms with van der Waals surface area (Å²) in [5.41, 5.74) is 7.53. The maximum absolute atomic E-state index is 14.5. The van der Waals surface area contributed by atoms with Crippen LogP contribution in [-0.4, -0.2) is 33.4 Å². The van der Waals surface area contributed by atoms with Crippen LogP contribution in [0.25, 0.3) is 22.2 Å². The lowest BCUT2D eigenvalue weighted by Crippen LogP contribution is -2.44. The molecule has 1 fully saturated rings. The second kappa shape index (κ2) is 10.3. The normalized spacial score (nSPS) is 19.4. The van der Waals surface area contributed by atoms with Crippen molar-refractivity contribution in [2.24, 2.45) is 11.7 Å². The van der Waals surface area contributed by atoms with Gasteiger partial charge in [0.1, 0.15) is 11.4 Å². The van der Waals surface area contributed by atoms with Crippen molar-refractivity contribution in [1.29, 1.82) is 0 Å². The van der Waals surface area contributed by atoms with Crippen molar-refractivity contribution in [2.75, 3.05) is 6.54 Å². The van der Waals surface area contributed by atoms with Crippen LogP contribution >= 0.6 is 23.2 Å². The van der Waals surface area contributed by atoms with Crippen LogP contribution in [0.5, 0.6) is 0 Å². The summed E-state index contributed by atoms with van der Waals surface area (Å²) in [6, 6.07) is 11.3. The van der Waals surface area contributed by atoms with E-state index in [1.165, 1.54) is 6.07 Å². The number of nitrogens with one attached hydrogen (secondary N) is 1. The third kappa shape index (κ3) is 4.71. The number of hydrogen-bond donors (Lipinski definition) is 3. The molecule has 2 aromatic heterocycles. The first-order chi connectivity index (χ1) is 19.9. The Kier molecular flexibility index (Phi) is 6.99. The summed E-state index contributed by atoms with van der Waals surface area (Å²) in [4.78, 5) is 35.2. The second-order valence-electron chi connectivity index (χ2n) is 11.6. The van der Waals surface area contributed by atoms with Crippen molar-refractivity contribution in [2.45, 2.75) is 50.5 Å². The van der Waals surface area contributed by atoms with Crippen molar-refractivity contribution < 1.29 is 19.1 Å². The van der Waals surface area contributed by atoms with Crippen LogP contribution in [0.3, 0.4) is 0 Å². The van der Waals surface area contributed by atoms with Crippen LogP contribution in [0, 0.1) is 18.7 Å². The average molecular weight is 608 g/mol. The van der Waals surface area contributed by atoms with Gasteiger partial charge in [-0.1, -0.05) is 35.3 Å². The lowest BCUT2D eigenvalue weighted by atomic mass is 9.81. The van der Waals surface area contributed by atoms with E-state index < -0.39 is 28.6 Å². The molecule has 4 N–H and O–H groups in total. The van der Waals surface area contributed by atoms with E-state index in [1.54, 1.807) is 43.5 Å². The van der Waals surface area contributed by atoms with E-state index in [1.807, 2.05) is 13.0 Å². The van der Waals surface area contributed by atoms with Gasteiger partial charge in [-0.2, -0.15) is 0 Å². The van der Waals surface area contributed by atoms with Gasteiger partial charge in [-0.25, -0.2) is 9.37 Å². The van der Waals surface area contributed by atoms with Crippen LogP contribution in [-0.2, 0) is 22.2 Å². The first-order valence-corrected chi connectivity index (χ1v) is 14.5. The summed E-state index contributed by atoms with van der Waals surface area (Å²) in [5, 5.41) is 16.0. The first kappa shape index (κ1) is 28.5. The number of aromatic nitrogens is 2. The number of nitrogens with zero attached hydrogens (tertiary/aromatic N) is 2. The molecule has 2 aliphatic rings. The van der Waals surface area contributed by atoms with E-state index in [9.17, 15) is 19.1 Å². The van der Waals surface area contributed by atoms with Crippen molar-refractivity contribution in [1.82, 2.24) is 15.3 Å². The standard InChI is InChI=1S/C32H29Cl2FN4O3/c1-16-10-17-11-18(12-23(33)27(17)37-14-16)29(40)38-15-32(42,19-6-7-19)25-13-22-20(8-9-31(22,2)30(36)41)28(39-25)21-4-3-5-24(35)26(21)34/h3-5,10-14,19,42H,6-9,15H2,1-2H3,(H2,36,41)(H,38,40)/t31-,32+/m0/s1. The molecular weight excluding hydrogens is 578 g/mol. The molecule has 10 heteroatoms. The maximum atomic E-state index is 14.5. The van der Waals surface area contributed by atoms with E-state index >= 15 is 0 Å². The Bertz CT molecular complexity index is 1790. The minimum absolute atomic E-state index is 0.0989. The minimum atomic E-state index is -1.57. The summed E-state index contributed by atoms with van der Waals surface area (Å²) in [6.45, 7) is 3.52. The molecule has 2 aliphatic carbocycles. The van der Waals surface area contributed by atoms with Crippen molar-refractivity contribution >= 4 is 45.9 Å². The predicted octanol–water partition coefficient (Wildman–Crippen LogP) is 5.77. The van der Waals surface area contributed by atoms with Gasteiger partial charge in [0.2, 0.25) is 5.91 Å². The molecule has 0 spiro atoms. The predicted molar refractivity (Wildman–Crippen MR) is 160 cm³/mol. The summed E-state index contributed by atoms with van der Waals surface area (Å²) in [7, 11) is 0. The van der Waals surface area contributed by atoms with Crippen LogP contribution in [0.1, 0.15) is 58.9 Å². The molecule has 0 aliphatic heterocycles. The molecule has 2 amide bonds. The molecule has 216 valence electrons. The highest BCUT2D eigenvalue weighted by atomic mass is 35.5. The molecular formula is C32H29Cl2FN4O3. The SMILES string of the molecule is Cc1cnc2c(Cl)cc(C(=O)NC[C@](O)(c3cc4c(c(-c5cccc(F)c5Cl)n3)CC[C@]4(C)C(N)=O)C3CC3)cc2c1. The monoisotopic (exact) mass is 606 g/mol. The Labute approximate surface area is 252 Å². The molecule has 0 unspecified atom stereocenters. The lowest BCUT2D eigenvalue weighted by Gasteiger charge is -2.31. The van der Waals surface area contributed by atoms with Gasteiger partial charge in [0, 0.05) is 22.7 Å². The number of pyridine rings is 2. The van der Waals surface area contributed by atoms with Crippen molar-refractivity contribution in [3.05, 3.63) is 92.5 Å². The summed E-state index contributed by atoms with van der Waals surface area (Å²) >= 11 is 12.8. The number of carbonyl (C=O) groups is 2. The third-order valence-corrected chi connectivity index (χ3v) is 9.37. The Morgan fingerprint density at radius 1 is 1.21 bits per heavy atom. The molecule has 0 radical (unpaired) electrons. The molecule has 2 aromatic carbocycles. The fourth-order valence-corrected chi connectivity index (χ4v) is 6.47. The second-order valence-corrected chi connectivity index (χ2v) is 12.4. The summed E-state index contributed by atoms with van der Waals surface area (Å²) < 4.78 is 14.5. The van der Waals surface area contributed by atoms with E-state index in [2.05, 4.69) is 10.3 Å². The lowest BCUT2D eigenvalue weighted by molar-refractivity contribution is -0.122. The van der Waals surface area contributed by atoms with Crippen molar-refractivity contribution in [3.63, 3.8) is 0 Å². The number of aliphatic hydroxyl groups is 1. The van der Waals surface area contributed by atoms with Gasteiger partial charge in [0.25, 0.3) is 5.91 Å². The molecule has 6 rings (SSSR count). The smallest absolute Gasteiger partial charge is 0.251 e. The number of carbonyl (C=O) groups excluding carboxylic acids is 2. The average Bonchev–Trinajstić information content (AvgIpc) is 3.76. The third-order valence-electron chi connectivity index (χ3n) is 8.69. The Morgan fingerprint density at radius 3 is 2.69 bits per heavy atom.